The van der Waals surface area contributed by atoms with Gasteiger partial charge in [-0.3, -0.25) is 0 Å². The maximum Gasteiger partial charge on any atom is 0.124 e. The van der Waals surface area contributed by atoms with Crippen LogP contribution in [0.3, 0.4) is 0 Å². The highest BCUT2D eigenvalue weighted by Gasteiger charge is 2.10. The van der Waals surface area contributed by atoms with Crippen LogP contribution in [0.25, 0.3) is 0 Å². The molecule has 0 fully saturated rings. The third-order valence-corrected chi connectivity index (χ3v) is 3.46. The number of benzene rings is 2. The molecule has 0 heterocycles. The van der Waals surface area contributed by atoms with Gasteiger partial charge in [0.2, 0.25) is 0 Å². The van der Waals surface area contributed by atoms with Crippen LogP contribution in [0.15, 0.2) is 46.9 Å². The van der Waals surface area contributed by atoms with E-state index in [4.69, 9.17) is 4.74 Å². The number of aliphatic hydroxyl groups is 1. The quantitative estimate of drug-likeness (QED) is 0.892. The van der Waals surface area contributed by atoms with E-state index >= 15 is 0 Å². The summed E-state index contributed by atoms with van der Waals surface area (Å²) in [5.74, 6) is -0.310. The second-order valence-corrected chi connectivity index (χ2v) is 5.59. The smallest absolute Gasteiger partial charge is 0.124 e. The monoisotopic (exact) mass is 338 g/mol. The highest BCUT2D eigenvalue weighted by Crippen LogP contribution is 2.22. The second-order valence-electron chi connectivity index (χ2n) is 4.68. The highest BCUT2D eigenvalue weighted by molar-refractivity contribution is 9.10. The highest BCUT2D eigenvalue weighted by atomic mass is 79.9. The van der Waals surface area contributed by atoms with Gasteiger partial charge in [0.25, 0.3) is 0 Å². The van der Waals surface area contributed by atoms with Crippen LogP contribution >= 0.6 is 15.9 Å². The summed E-state index contributed by atoms with van der Waals surface area (Å²) >= 11 is 3.25. The normalized spacial score (nSPS) is 12.4. The molecule has 0 spiro atoms. The molecule has 0 aliphatic carbocycles. The Kier molecular flexibility index (Phi) is 5.29. The Hall–Kier alpha value is -1.23. The third-order valence-electron chi connectivity index (χ3n) is 3.00. The molecule has 0 radical (unpaired) electrons. The molecule has 0 bridgehead atoms. The van der Waals surface area contributed by atoms with E-state index in [9.17, 15) is 9.50 Å². The fourth-order valence-corrected chi connectivity index (χ4v) is 2.64. The molecule has 0 saturated carbocycles. The van der Waals surface area contributed by atoms with Crippen LogP contribution in [0.4, 0.5) is 4.39 Å². The van der Waals surface area contributed by atoms with Crippen molar-refractivity contribution < 1.29 is 14.2 Å². The lowest BCUT2D eigenvalue weighted by atomic mass is 10.00. The average molecular weight is 339 g/mol. The molecule has 106 valence electrons. The minimum absolute atomic E-state index is 0.310. The van der Waals surface area contributed by atoms with Crippen molar-refractivity contribution in [2.45, 2.75) is 19.1 Å². The lowest BCUT2D eigenvalue weighted by Crippen LogP contribution is -2.03. The summed E-state index contributed by atoms with van der Waals surface area (Å²) in [5, 5.41) is 10.3. The van der Waals surface area contributed by atoms with Gasteiger partial charge in [-0.2, -0.15) is 0 Å². The van der Waals surface area contributed by atoms with Crippen LogP contribution in [0.1, 0.15) is 22.8 Å². The van der Waals surface area contributed by atoms with Gasteiger partial charge >= 0.3 is 0 Å². The van der Waals surface area contributed by atoms with Crippen LogP contribution < -0.4 is 0 Å². The van der Waals surface area contributed by atoms with E-state index in [2.05, 4.69) is 15.9 Å². The number of aliphatic hydroxyl groups excluding tert-OH is 1. The van der Waals surface area contributed by atoms with Gasteiger partial charge in [0.05, 0.1) is 12.7 Å². The zero-order valence-corrected chi connectivity index (χ0v) is 12.7. The van der Waals surface area contributed by atoms with Gasteiger partial charge < -0.3 is 9.84 Å². The number of methoxy groups -OCH3 is 1. The van der Waals surface area contributed by atoms with Crippen LogP contribution in [-0.2, 0) is 17.8 Å². The Bertz CT molecular complexity index is 566. The van der Waals surface area contributed by atoms with E-state index in [1.165, 1.54) is 12.1 Å². The van der Waals surface area contributed by atoms with E-state index in [1.54, 1.807) is 7.11 Å². The Morgan fingerprint density at radius 3 is 2.70 bits per heavy atom. The molecule has 2 nitrogen and oxygen atoms in total. The van der Waals surface area contributed by atoms with Crippen molar-refractivity contribution in [1.29, 1.82) is 0 Å². The van der Waals surface area contributed by atoms with Crippen molar-refractivity contribution in [3.05, 3.63) is 69.4 Å². The van der Waals surface area contributed by atoms with Gasteiger partial charge in [-0.25, -0.2) is 4.39 Å². The molecule has 0 aliphatic heterocycles. The summed E-state index contributed by atoms with van der Waals surface area (Å²) in [6, 6.07) is 12.2. The van der Waals surface area contributed by atoms with Crippen molar-refractivity contribution in [2.24, 2.45) is 0 Å². The predicted octanol–water partition coefficient (Wildman–Crippen LogP) is 4.01. The number of halogens is 2. The first-order valence-corrected chi connectivity index (χ1v) is 7.08. The van der Waals surface area contributed by atoms with E-state index in [0.717, 1.165) is 16.7 Å². The summed E-state index contributed by atoms with van der Waals surface area (Å²) in [6.45, 7) is 0.506. The Morgan fingerprint density at radius 2 is 2.00 bits per heavy atom. The number of hydrogen-bond acceptors (Lipinski definition) is 2. The van der Waals surface area contributed by atoms with Gasteiger partial charge in [0.1, 0.15) is 5.82 Å². The molecule has 4 heteroatoms. The van der Waals surface area contributed by atoms with Gasteiger partial charge in [0.15, 0.2) is 0 Å². The van der Waals surface area contributed by atoms with Crippen molar-refractivity contribution in [2.75, 3.05) is 7.11 Å². The molecule has 2 aromatic carbocycles. The first-order chi connectivity index (χ1) is 9.58. The molecule has 1 unspecified atom stereocenters. The van der Waals surface area contributed by atoms with Crippen LogP contribution in [0.5, 0.6) is 0 Å². The van der Waals surface area contributed by atoms with Crippen LogP contribution in [0.2, 0.25) is 0 Å². The topological polar surface area (TPSA) is 29.5 Å². The average Bonchev–Trinajstić information content (AvgIpc) is 2.38. The van der Waals surface area contributed by atoms with Crippen LogP contribution in [0, 0.1) is 5.82 Å². The standard InChI is InChI=1S/C16H16BrFO2/c1-20-10-11-3-2-4-13(5-11)16(19)8-12-6-14(17)9-15(18)7-12/h2-7,9,16,19H,8,10H2,1H3. The molecule has 0 saturated heterocycles. The molecule has 1 atom stereocenters. The van der Waals surface area contributed by atoms with Crippen molar-refractivity contribution >= 4 is 15.9 Å². The van der Waals surface area contributed by atoms with Crippen molar-refractivity contribution in [3.63, 3.8) is 0 Å². The molecule has 1 N–H and O–H groups in total. The summed E-state index contributed by atoms with van der Waals surface area (Å²) in [4.78, 5) is 0. The molecule has 2 aromatic rings. The minimum Gasteiger partial charge on any atom is -0.388 e. The molecule has 0 amide bonds. The summed E-state index contributed by atoms with van der Waals surface area (Å²) < 4.78 is 19.1. The van der Waals surface area contributed by atoms with Crippen molar-refractivity contribution in [1.82, 2.24) is 0 Å². The zero-order valence-electron chi connectivity index (χ0n) is 11.1. The molecule has 0 aliphatic rings. The maximum atomic E-state index is 13.3. The maximum absolute atomic E-state index is 13.3. The van der Waals surface area contributed by atoms with Gasteiger partial charge in [0, 0.05) is 18.0 Å². The number of rotatable bonds is 5. The Labute approximate surface area is 126 Å². The zero-order chi connectivity index (χ0) is 14.5. The molecule has 20 heavy (non-hydrogen) atoms. The van der Waals surface area contributed by atoms with Crippen molar-refractivity contribution in [3.8, 4) is 0 Å². The largest absolute Gasteiger partial charge is 0.388 e. The Balaban J connectivity index is 2.14. The van der Waals surface area contributed by atoms with Gasteiger partial charge in [-0.05, 0) is 34.9 Å². The van der Waals surface area contributed by atoms with E-state index in [0.29, 0.717) is 17.5 Å². The fourth-order valence-electron chi connectivity index (χ4n) is 2.13. The molecular weight excluding hydrogens is 323 g/mol. The second kappa shape index (κ2) is 6.97. The van der Waals surface area contributed by atoms with E-state index in [-0.39, 0.29) is 5.82 Å². The first kappa shape index (κ1) is 15.2. The van der Waals surface area contributed by atoms with Crippen LogP contribution in [-0.4, -0.2) is 12.2 Å². The molecule has 0 aromatic heterocycles. The van der Waals surface area contributed by atoms with E-state index < -0.39 is 6.10 Å². The SMILES string of the molecule is COCc1cccc(C(O)Cc2cc(F)cc(Br)c2)c1. The number of hydrogen-bond donors (Lipinski definition) is 1. The third kappa shape index (κ3) is 4.13. The summed E-state index contributed by atoms with van der Waals surface area (Å²) in [7, 11) is 1.63. The number of ether oxygens (including phenoxy) is 1. The molecular formula is C16H16BrFO2. The van der Waals surface area contributed by atoms with Gasteiger partial charge in [-0.1, -0.05) is 40.2 Å². The lowest BCUT2D eigenvalue weighted by molar-refractivity contribution is 0.175. The van der Waals surface area contributed by atoms with E-state index in [1.807, 2.05) is 30.3 Å². The Morgan fingerprint density at radius 1 is 1.20 bits per heavy atom. The fraction of sp³-hybridized carbons (Fsp3) is 0.250. The first-order valence-electron chi connectivity index (χ1n) is 6.29. The predicted molar refractivity (Wildman–Crippen MR) is 79.9 cm³/mol. The lowest BCUT2D eigenvalue weighted by Gasteiger charge is -2.13. The van der Waals surface area contributed by atoms with Gasteiger partial charge in [-0.15, -0.1) is 0 Å². The summed E-state index contributed by atoms with van der Waals surface area (Å²) in [5.41, 5.74) is 2.56. The minimum atomic E-state index is -0.666. The summed E-state index contributed by atoms with van der Waals surface area (Å²) in [6.07, 6.45) is -0.298. The molecule has 2 rings (SSSR count).